The molecule has 2 heterocycles. The van der Waals surface area contributed by atoms with Crippen molar-refractivity contribution in [2.45, 2.75) is 38.6 Å². The molecule has 0 radical (unpaired) electrons. The van der Waals surface area contributed by atoms with Gasteiger partial charge in [0.25, 0.3) is 0 Å². The first-order valence-corrected chi connectivity index (χ1v) is 8.96. The number of aromatic nitrogens is 2. The molecule has 1 aromatic rings. The van der Waals surface area contributed by atoms with Crippen LogP contribution in [0.3, 0.4) is 0 Å². The van der Waals surface area contributed by atoms with Gasteiger partial charge < -0.3 is 5.32 Å². The molecule has 0 bridgehead atoms. The molecule has 0 saturated carbocycles. The number of rotatable bonds is 7. The van der Waals surface area contributed by atoms with E-state index >= 15 is 0 Å². The van der Waals surface area contributed by atoms with Gasteiger partial charge in [0.15, 0.2) is 0 Å². The molecular formula is C13H25N5O2S. The van der Waals surface area contributed by atoms with Crippen LogP contribution in [-0.4, -0.2) is 49.2 Å². The normalized spacial score (nSPS) is 17.3. The molecule has 0 atom stereocenters. The Morgan fingerprint density at radius 2 is 2.19 bits per heavy atom. The van der Waals surface area contributed by atoms with Gasteiger partial charge in [0.1, 0.15) is 0 Å². The standard InChI is InChI=1S/C13H25N5O2S/c1-3-4-9-17(2)21(19,20)16-12-10-15-18(11-12)13-5-7-14-8-6-13/h10-11,13-14,16H,3-9H2,1-2H3. The second kappa shape index (κ2) is 7.24. The molecule has 8 heteroatoms. The summed E-state index contributed by atoms with van der Waals surface area (Å²) in [4.78, 5) is 0. The predicted octanol–water partition coefficient (Wildman–Crippen LogP) is 1.20. The lowest BCUT2D eigenvalue weighted by Gasteiger charge is -2.22. The third-order valence-electron chi connectivity index (χ3n) is 3.77. The Labute approximate surface area is 126 Å². The molecule has 0 spiro atoms. The molecule has 1 aliphatic rings. The number of hydrogen-bond acceptors (Lipinski definition) is 4. The van der Waals surface area contributed by atoms with E-state index in [9.17, 15) is 8.42 Å². The van der Waals surface area contributed by atoms with E-state index in [1.807, 2.05) is 11.6 Å². The average molecular weight is 315 g/mol. The van der Waals surface area contributed by atoms with Crippen molar-refractivity contribution >= 4 is 15.9 Å². The van der Waals surface area contributed by atoms with Crippen LogP contribution in [0.2, 0.25) is 0 Å². The Hall–Kier alpha value is -1.12. The summed E-state index contributed by atoms with van der Waals surface area (Å²) < 4.78 is 30.1. The van der Waals surface area contributed by atoms with E-state index in [1.54, 1.807) is 19.4 Å². The molecule has 7 nitrogen and oxygen atoms in total. The Balaban J connectivity index is 1.97. The lowest BCUT2D eigenvalue weighted by Crippen LogP contribution is -2.33. The molecule has 1 fully saturated rings. The van der Waals surface area contributed by atoms with Crippen LogP contribution in [0.1, 0.15) is 38.6 Å². The SMILES string of the molecule is CCCCN(C)S(=O)(=O)Nc1cnn(C2CCNCC2)c1. The van der Waals surface area contributed by atoms with Gasteiger partial charge in [-0.05, 0) is 32.4 Å². The van der Waals surface area contributed by atoms with E-state index in [0.29, 0.717) is 18.3 Å². The Bertz CT molecular complexity index is 537. The topological polar surface area (TPSA) is 79.3 Å². The highest BCUT2D eigenvalue weighted by atomic mass is 32.2. The second-order valence-electron chi connectivity index (χ2n) is 5.47. The lowest BCUT2D eigenvalue weighted by molar-refractivity contribution is 0.343. The Morgan fingerprint density at radius 3 is 2.86 bits per heavy atom. The van der Waals surface area contributed by atoms with Gasteiger partial charge in [0, 0.05) is 19.8 Å². The summed E-state index contributed by atoms with van der Waals surface area (Å²) in [5.41, 5.74) is 0.525. The van der Waals surface area contributed by atoms with Crippen molar-refractivity contribution in [3.05, 3.63) is 12.4 Å². The van der Waals surface area contributed by atoms with Crippen LogP contribution in [0.25, 0.3) is 0 Å². The van der Waals surface area contributed by atoms with Crippen LogP contribution < -0.4 is 10.0 Å². The van der Waals surface area contributed by atoms with E-state index in [2.05, 4.69) is 15.1 Å². The first-order valence-electron chi connectivity index (χ1n) is 7.52. The average Bonchev–Trinajstić information content (AvgIpc) is 2.93. The molecule has 0 aliphatic carbocycles. The van der Waals surface area contributed by atoms with Crippen LogP contribution >= 0.6 is 0 Å². The fraction of sp³-hybridized carbons (Fsp3) is 0.769. The smallest absolute Gasteiger partial charge is 0.301 e. The van der Waals surface area contributed by atoms with Gasteiger partial charge in [-0.2, -0.15) is 17.8 Å². The van der Waals surface area contributed by atoms with Crippen LogP contribution in [-0.2, 0) is 10.2 Å². The van der Waals surface area contributed by atoms with Crippen molar-refractivity contribution in [1.29, 1.82) is 0 Å². The zero-order valence-corrected chi connectivity index (χ0v) is 13.6. The summed E-state index contributed by atoms with van der Waals surface area (Å²) in [6, 6.07) is 0.349. The number of nitrogens with zero attached hydrogens (tertiary/aromatic N) is 3. The van der Waals surface area contributed by atoms with E-state index in [-0.39, 0.29) is 0 Å². The second-order valence-corrected chi connectivity index (χ2v) is 7.25. The fourth-order valence-corrected chi connectivity index (χ4v) is 3.32. The number of piperidine rings is 1. The van der Waals surface area contributed by atoms with Gasteiger partial charge >= 0.3 is 10.2 Å². The molecule has 0 unspecified atom stereocenters. The maximum Gasteiger partial charge on any atom is 0.301 e. The van der Waals surface area contributed by atoms with Gasteiger partial charge in [0.2, 0.25) is 0 Å². The minimum absolute atomic E-state index is 0.349. The largest absolute Gasteiger partial charge is 0.317 e. The zero-order chi connectivity index (χ0) is 15.3. The van der Waals surface area contributed by atoms with Crippen molar-refractivity contribution in [3.8, 4) is 0 Å². The maximum atomic E-state index is 12.2. The minimum Gasteiger partial charge on any atom is -0.317 e. The lowest BCUT2D eigenvalue weighted by atomic mass is 10.1. The Kier molecular flexibility index (Phi) is 5.60. The summed E-state index contributed by atoms with van der Waals surface area (Å²) in [6.07, 6.45) is 7.21. The van der Waals surface area contributed by atoms with E-state index in [4.69, 9.17) is 0 Å². The number of anilines is 1. The quantitative estimate of drug-likeness (QED) is 0.792. The van der Waals surface area contributed by atoms with E-state index in [0.717, 1.165) is 38.8 Å². The van der Waals surface area contributed by atoms with Crippen LogP contribution in [0.5, 0.6) is 0 Å². The summed E-state index contributed by atoms with van der Waals surface area (Å²) in [6.45, 7) is 4.52. The predicted molar refractivity (Wildman–Crippen MR) is 83.4 cm³/mol. The molecule has 1 saturated heterocycles. The number of unbranched alkanes of at least 4 members (excludes halogenated alkanes) is 1. The first kappa shape index (κ1) is 16.3. The number of hydrogen-bond donors (Lipinski definition) is 2. The molecular weight excluding hydrogens is 290 g/mol. The molecule has 0 amide bonds. The fourth-order valence-electron chi connectivity index (χ4n) is 2.39. The van der Waals surface area contributed by atoms with Crippen molar-refractivity contribution in [2.24, 2.45) is 0 Å². The molecule has 1 aliphatic heterocycles. The number of nitrogens with one attached hydrogen (secondary N) is 2. The van der Waals surface area contributed by atoms with Crippen LogP contribution in [0, 0.1) is 0 Å². The summed E-state index contributed by atoms with van der Waals surface area (Å²) in [7, 11) is -1.89. The third kappa shape index (κ3) is 4.42. The van der Waals surface area contributed by atoms with Gasteiger partial charge in [-0.3, -0.25) is 9.40 Å². The monoisotopic (exact) mass is 315 g/mol. The molecule has 120 valence electrons. The van der Waals surface area contributed by atoms with E-state index < -0.39 is 10.2 Å². The maximum absolute atomic E-state index is 12.2. The van der Waals surface area contributed by atoms with Crippen molar-refractivity contribution in [3.63, 3.8) is 0 Å². The van der Waals surface area contributed by atoms with Gasteiger partial charge in [0.05, 0.1) is 17.9 Å². The van der Waals surface area contributed by atoms with Crippen molar-refractivity contribution in [1.82, 2.24) is 19.4 Å². The van der Waals surface area contributed by atoms with Crippen LogP contribution in [0.4, 0.5) is 5.69 Å². The van der Waals surface area contributed by atoms with Crippen molar-refractivity contribution < 1.29 is 8.42 Å². The minimum atomic E-state index is -3.49. The molecule has 2 N–H and O–H groups in total. The van der Waals surface area contributed by atoms with Gasteiger partial charge in [-0.25, -0.2) is 0 Å². The highest BCUT2D eigenvalue weighted by Gasteiger charge is 2.20. The highest BCUT2D eigenvalue weighted by Crippen LogP contribution is 2.20. The third-order valence-corrected chi connectivity index (χ3v) is 5.26. The van der Waals surface area contributed by atoms with Crippen LogP contribution in [0.15, 0.2) is 12.4 Å². The molecule has 1 aromatic heterocycles. The molecule has 21 heavy (non-hydrogen) atoms. The highest BCUT2D eigenvalue weighted by molar-refractivity contribution is 7.90. The molecule has 0 aromatic carbocycles. The van der Waals surface area contributed by atoms with E-state index in [1.165, 1.54) is 4.31 Å². The van der Waals surface area contributed by atoms with Gasteiger partial charge in [-0.1, -0.05) is 13.3 Å². The first-order chi connectivity index (χ1) is 10.0. The van der Waals surface area contributed by atoms with Crippen molar-refractivity contribution in [2.75, 3.05) is 31.4 Å². The van der Waals surface area contributed by atoms with Gasteiger partial charge in [-0.15, -0.1) is 0 Å². The Morgan fingerprint density at radius 1 is 1.48 bits per heavy atom. The zero-order valence-electron chi connectivity index (χ0n) is 12.7. The summed E-state index contributed by atoms with van der Waals surface area (Å²) in [5.74, 6) is 0. The molecule has 2 rings (SSSR count). The summed E-state index contributed by atoms with van der Waals surface area (Å²) in [5, 5.41) is 7.59. The summed E-state index contributed by atoms with van der Waals surface area (Å²) >= 11 is 0.